The lowest BCUT2D eigenvalue weighted by Crippen LogP contribution is -2.61. The number of carboxylic acids is 1. The van der Waals surface area contributed by atoms with Gasteiger partial charge in [0.15, 0.2) is 17.6 Å². The van der Waals surface area contributed by atoms with E-state index in [1.54, 1.807) is 0 Å². The van der Waals surface area contributed by atoms with Crippen LogP contribution in [-0.4, -0.2) is 64.2 Å². The molecule has 0 saturated carbocycles. The van der Waals surface area contributed by atoms with Crippen molar-refractivity contribution in [1.29, 1.82) is 0 Å². The molecule has 0 spiro atoms. The second kappa shape index (κ2) is 6.92. The van der Waals surface area contributed by atoms with Crippen molar-refractivity contribution in [1.82, 2.24) is 0 Å². The molecule has 1 aliphatic rings. The topological polar surface area (TPSA) is 156 Å². The van der Waals surface area contributed by atoms with Crippen LogP contribution in [0.3, 0.4) is 0 Å². The number of benzene rings is 1. The maximum absolute atomic E-state index is 11.4. The molecule has 1 unspecified atom stereocenters. The average molecular weight is 368 g/mol. The molecule has 10 heteroatoms. The van der Waals surface area contributed by atoms with Gasteiger partial charge in [-0.2, -0.15) is 0 Å². The Morgan fingerprint density at radius 3 is 2.46 bits per heavy atom. The molecule has 1 aromatic carbocycles. The third-order valence-electron chi connectivity index (χ3n) is 3.96. The molecule has 4 N–H and O–H groups in total. The lowest BCUT2D eigenvalue weighted by Gasteiger charge is -2.38. The van der Waals surface area contributed by atoms with Crippen LogP contribution >= 0.6 is 0 Å². The van der Waals surface area contributed by atoms with Crippen molar-refractivity contribution in [2.75, 3.05) is 7.11 Å². The molecule has 2 aromatic rings. The number of hydrogen-bond donors (Lipinski definition) is 4. The second-order valence-electron chi connectivity index (χ2n) is 5.65. The van der Waals surface area contributed by atoms with Crippen LogP contribution < -0.4 is 15.1 Å². The average Bonchev–Trinajstić information content (AvgIpc) is 2.61. The first-order chi connectivity index (χ1) is 12.3. The lowest BCUT2D eigenvalue weighted by molar-refractivity contribution is -0.271. The van der Waals surface area contributed by atoms with Crippen molar-refractivity contribution in [3.8, 4) is 11.5 Å². The molecule has 2 heterocycles. The molecule has 0 amide bonds. The van der Waals surface area contributed by atoms with E-state index in [0.717, 1.165) is 0 Å². The summed E-state index contributed by atoms with van der Waals surface area (Å²) < 4.78 is 20.7. The first-order valence-corrected chi connectivity index (χ1v) is 7.53. The van der Waals surface area contributed by atoms with Crippen LogP contribution in [0.2, 0.25) is 0 Å². The van der Waals surface area contributed by atoms with Crippen molar-refractivity contribution in [2.24, 2.45) is 0 Å². The predicted molar refractivity (Wildman–Crippen MR) is 84.0 cm³/mol. The van der Waals surface area contributed by atoms with E-state index in [1.807, 2.05) is 0 Å². The number of aliphatic hydroxyl groups excluding tert-OH is 3. The highest BCUT2D eigenvalue weighted by atomic mass is 16.7. The summed E-state index contributed by atoms with van der Waals surface area (Å²) in [6, 6.07) is 5.55. The Balaban J connectivity index is 1.96. The van der Waals surface area contributed by atoms with Gasteiger partial charge < -0.3 is 39.1 Å². The van der Waals surface area contributed by atoms with E-state index in [2.05, 4.69) is 0 Å². The third kappa shape index (κ3) is 3.22. The van der Waals surface area contributed by atoms with Crippen molar-refractivity contribution < 1.29 is 43.8 Å². The molecule has 26 heavy (non-hydrogen) atoms. The van der Waals surface area contributed by atoms with E-state index in [1.165, 1.54) is 31.4 Å². The summed E-state index contributed by atoms with van der Waals surface area (Å²) in [7, 11) is 1.35. The van der Waals surface area contributed by atoms with Gasteiger partial charge in [-0.25, -0.2) is 9.59 Å². The molecular formula is C16H16O10. The van der Waals surface area contributed by atoms with Crippen LogP contribution in [0.25, 0.3) is 11.0 Å². The van der Waals surface area contributed by atoms with Gasteiger partial charge >= 0.3 is 11.6 Å². The summed E-state index contributed by atoms with van der Waals surface area (Å²) in [5.74, 6) is -1.37. The molecule has 3 rings (SSSR count). The molecule has 1 aromatic heterocycles. The fraction of sp³-hybridized carbons (Fsp3) is 0.375. The van der Waals surface area contributed by atoms with Gasteiger partial charge in [0.2, 0.25) is 6.29 Å². The number of ether oxygens (including phenoxy) is 3. The van der Waals surface area contributed by atoms with Crippen molar-refractivity contribution in [3.05, 3.63) is 34.7 Å². The second-order valence-corrected chi connectivity index (χ2v) is 5.65. The summed E-state index contributed by atoms with van der Waals surface area (Å²) in [4.78, 5) is 22.5. The number of aliphatic hydroxyl groups is 3. The molecule has 140 valence electrons. The van der Waals surface area contributed by atoms with Gasteiger partial charge in [-0.1, -0.05) is 0 Å². The summed E-state index contributed by atoms with van der Waals surface area (Å²) >= 11 is 0. The molecular weight excluding hydrogens is 352 g/mol. The minimum atomic E-state index is -1.83. The van der Waals surface area contributed by atoms with Crippen LogP contribution in [0.1, 0.15) is 0 Å². The minimum absolute atomic E-state index is 0.0221. The highest BCUT2D eigenvalue weighted by Gasteiger charge is 2.48. The Hall–Kier alpha value is -2.66. The van der Waals surface area contributed by atoms with E-state index in [4.69, 9.17) is 23.7 Å². The van der Waals surface area contributed by atoms with E-state index in [0.29, 0.717) is 5.39 Å². The molecule has 1 fully saturated rings. The van der Waals surface area contributed by atoms with Crippen LogP contribution in [0.4, 0.5) is 0 Å². The molecule has 5 atom stereocenters. The van der Waals surface area contributed by atoms with Gasteiger partial charge in [0, 0.05) is 17.5 Å². The van der Waals surface area contributed by atoms with E-state index in [9.17, 15) is 24.9 Å². The zero-order chi connectivity index (χ0) is 19.0. The third-order valence-corrected chi connectivity index (χ3v) is 3.96. The first-order valence-electron chi connectivity index (χ1n) is 7.53. The summed E-state index contributed by atoms with van der Waals surface area (Å²) in [5, 5.41) is 39.1. The van der Waals surface area contributed by atoms with Gasteiger partial charge in [-0.15, -0.1) is 0 Å². The van der Waals surface area contributed by atoms with Crippen LogP contribution in [0.5, 0.6) is 11.5 Å². The Morgan fingerprint density at radius 2 is 1.81 bits per heavy atom. The van der Waals surface area contributed by atoms with Crippen LogP contribution in [0, 0.1) is 0 Å². The fourth-order valence-electron chi connectivity index (χ4n) is 2.60. The van der Waals surface area contributed by atoms with Crippen molar-refractivity contribution in [3.63, 3.8) is 0 Å². The first kappa shape index (κ1) is 18.1. The van der Waals surface area contributed by atoms with Gasteiger partial charge in [0.1, 0.15) is 23.9 Å². The highest BCUT2D eigenvalue weighted by Crippen LogP contribution is 2.34. The lowest BCUT2D eigenvalue weighted by atomic mass is 9.99. The fourth-order valence-corrected chi connectivity index (χ4v) is 2.60. The number of hydrogen-bond acceptors (Lipinski definition) is 9. The molecule has 0 aliphatic carbocycles. The summed E-state index contributed by atoms with van der Waals surface area (Å²) in [6.07, 6.45) is -8.79. The number of carboxylic acid groups (broad SMARTS) is 1. The molecule has 1 aliphatic heterocycles. The maximum atomic E-state index is 11.4. The standard InChI is InChI=1S/C16H16O10/c1-23-8-4-6-2-3-10(17)24-7(6)5-9(8)25-16-13(20)11(18)12(19)14(26-16)15(21)22/h2-5,11-14,16,18-20H,1H3,(H,21,22)/t11-,12-,13+,14-,16?/m0/s1. The van der Waals surface area contributed by atoms with Crippen LogP contribution in [0.15, 0.2) is 33.5 Å². The Bertz CT molecular complexity index is 875. The SMILES string of the molecule is COc1cc2ccc(=O)oc2cc1OC1O[C@H](C(=O)O)[C@@H](O)[C@H](O)[C@H]1O. The monoisotopic (exact) mass is 368 g/mol. The molecule has 1 saturated heterocycles. The zero-order valence-electron chi connectivity index (χ0n) is 13.4. The van der Waals surface area contributed by atoms with Gasteiger partial charge in [-0.3, -0.25) is 0 Å². The number of fused-ring (bicyclic) bond motifs is 1. The van der Waals surface area contributed by atoms with E-state index >= 15 is 0 Å². The van der Waals surface area contributed by atoms with Gasteiger partial charge in [-0.05, 0) is 12.1 Å². The Labute approximate surface area is 145 Å². The summed E-state index contributed by atoms with van der Waals surface area (Å²) in [5.41, 5.74) is -0.430. The maximum Gasteiger partial charge on any atom is 0.336 e. The molecule has 10 nitrogen and oxygen atoms in total. The van der Waals surface area contributed by atoms with Crippen molar-refractivity contribution in [2.45, 2.75) is 30.7 Å². The largest absolute Gasteiger partial charge is 0.493 e. The number of rotatable bonds is 4. The number of carbonyl (C=O) groups is 1. The Kier molecular flexibility index (Phi) is 4.83. The van der Waals surface area contributed by atoms with E-state index < -0.39 is 42.3 Å². The Morgan fingerprint density at radius 1 is 1.08 bits per heavy atom. The minimum Gasteiger partial charge on any atom is -0.493 e. The van der Waals surface area contributed by atoms with Gasteiger partial charge in [0.05, 0.1) is 7.11 Å². The van der Waals surface area contributed by atoms with Crippen molar-refractivity contribution >= 4 is 16.9 Å². The van der Waals surface area contributed by atoms with Gasteiger partial charge in [0.25, 0.3) is 0 Å². The van der Waals surface area contributed by atoms with Crippen LogP contribution in [-0.2, 0) is 9.53 Å². The summed E-state index contributed by atoms with van der Waals surface area (Å²) in [6.45, 7) is 0. The normalized spacial score (nSPS) is 28.7. The zero-order valence-corrected chi connectivity index (χ0v) is 13.4. The number of aliphatic carboxylic acids is 1. The van der Waals surface area contributed by atoms with E-state index in [-0.39, 0.29) is 17.1 Å². The smallest absolute Gasteiger partial charge is 0.336 e. The molecule has 0 bridgehead atoms. The number of methoxy groups -OCH3 is 1. The molecule has 0 radical (unpaired) electrons. The predicted octanol–water partition coefficient (Wildman–Crippen LogP) is -0.927. The quantitative estimate of drug-likeness (QED) is 0.497. The highest BCUT2D eigenvalue weighted by molar-refractivity contribution is 5.80.